The lowest BCUT2D eigenvalue weighted by molar-refractivity contribution is 0.0946. The quantitative estimate of drug-likeness (QED) is 0.689. The molecule has 3 aromatic rings. The van der Waals surface area contributed by atoms with Gasteiger partial charge in [-0.2, -0.15) is 0 Å². The summed E-state index contributed by atoms with van der Waals surface area (Å²) in [4.78, 5) is 16.4. The first-order valence-corrected chi connectivity index (χ1v) is 7.63. The average Bonchev–Trinajstić information content (AvgIpc) is 3.05. The van der Waals surface area contributed by atoms with Gasteiger partial charge < -0.3 is 9.73 Å². The first-order valence-electron chi connectivity index (χ1n) is 6.87. The summed E-state index contributed by atoms with van der Waals surface area (Å²) < 4.78 is 5.35. The molecule has 1 heterocycles. The molecule has 0 aliphatic rings. The van der Waals surface area contributed by atoms with E-state index in [0.29, 0.717) is 21.5 Å². The van der Waals surface area contributed by atoms with Gasteiger partial charge in [-0.3, -0.25) is 4.79 Å². The Bertz CT molecular complexity index is 815. The van der Waals surface area contributed by atoms with Crippen molar-refractivity contribution in [2.75, 3.05) is 0 Å². The van der Waals surface area contributed by atoms with Crippen molar-refractivity contribution in [3.63, 3.8) is 0 Å². The van der Waals surface area contributed by atoms with Gasteiger partial charge >= 0.3 is 0 Å². The first kappa shape index (κ1) is 18.3. The maximum atomic E-state index is 12.2. The van der Waals surface area contributed by atoms with Gasteiger partial charge in [-0.25, -0.2) is 4.98 Å². The van der Waals surface area contributed by atoms with E-state index in [2.05, 4.69) is 10.3 Å². The Hall–Kier alpha value is -2.01. The molecule has 0 fully saturated rings. The van der Waals surface area contributed by atoms with Gasteiger partial charge in [-0.05, 0) is 24.3 Å². The fourth-order valence-corrected chi connectivity index (χ4v) is 2.58. The molecular formula is C17H13Cl3N2O2. The number of halogens is 3. The highest BCUT2D eigenvalue weighted by Gasteiger charge is 2.14. The molecule has 2 aromatic carbocycles. The van der Waals surface area contributed by atoms with Gasteiger partial charge in [0.25, 0.3) is 5.91 Å². The van der Waals surface area contributed by atoms with Gasteiger partial charge in [-0.15, -0.1) is 12.4 Å². The van der Waals surface area contributed by atoms with Crippen molar-refractivity contribution in [1.29, 1.82) is 0 Å². The SMILES string of the molecule is Cl.O=C(NCc1c(Cl)cccc1Cl)c1coc(-c2ccccc2)n1. The van der Waals surface area contributed by atoms with Crippen LogP contribution >= 0.6 is 35.6 Å². The smallest absolute Gasteiger partial charge is 0.273 e. The molecular weight excluding hydrogens is 371 g/mol. The summed E-state index contributed by atoms with van der Waals surface area (Å²) in [5.74, 6) is 0.0402. The van der Waals surface area contributed by atoms with Crippen molar-refractivity contribution in [2.45, 2.75) is 6.54 Å². The predicted molar refractivity (Wildman–Crippen MR) is 96.8 cm³/mol. The van der Waals surface area contributed by atoms with Crippen molar-refractivity contribution >= 4 is 41.5 Å². The van der Waals surface area contributed by atoms with Crippen LogP contribution in [0.3, 0.4) is 0 Å². The van der Waals surface area contributed by atoms with E-state index in [1.165, 1.54) is 6.26 Å². The van der Waals surface area contributed by atoms with Crippen LogP contribution in [0.2, 0.25) is 10.0 Å². The van der Waals surface area contributed by atoms with E-state index in [-0.39, 0.29) is 30.6 Å². The second-order valence-corrected chi connectivity index (χ2v) is 5.60. The molecule has 1 aromatic heterocycles. The number of hydrogen-bond donors (Lipinski definition) is 1. The highest BCUT2D eigenvalue weighted by Crippen LogP contribution is 2.24. The Morgan fingerprint density at radius 3 is 2.38 bits per heavy atom. The third-order valence-corrected chi connectivity index (χ3v) is 3.95. The zero-order valence-corrected chi connectivity index (χ0v) is 14.7. The summed E-state index contributed by atoms with van der Waals surface area (Å²) in [6.07, 6.45) is 1.33. The largest absolute Gasteiger partial charge is 0.444 e. The van der Waals surface area contributed by atoms with E-state index in [9.17, 15) is 4.79 Å². The van der Waals surface area contributed by atoms with Crippen molar-refractivity contribution in [3.8, 4) is 11.5 Å². The summed E-state index contributed by atoms with van der Waals surface area (Å²) in [7, 11) is 0. The molecule has 124 valence electrons. The highest BCUT2D eigenvalue weighted by atomic mass is 35.5. The second kappa shape index (κ2) is 8.20. The number of nitrogens with zero attached hydrogens (tertiary/aromatic N) is 1. The Balaban J connectivity index is 0.00000208. The number of carbonyl (C=O) groups excluding carboxylic acids is 1. The summed E-state index contributed by atoms with van der Waals surface area (Å²) in [6, 6.07) is 14.6. The fraction of sp³-hybridized carbons (Fsp3) is 0.0588. The van der Waals surface area contributed by atoms with Gasteiger partial charge in [0.15, 0.2) is 5.69 Å². The molecule has 0 unspecified atom stereocenters. The van der Waals surface area contributed by atoms with Crippen LogP contribution in [0.25, 0.3) is 11.5 Å². The molecule has 1 amide bonds. The molecule has 0 saturated carbocycles. The number of oxazole rings is 1. The molecule has 0 saturated heterocycles. The van der Waals surface area contributed by atoms with Crippen LogP contribution in [-0.4, -0.2) is 10.9 Å². The van der Waals surface area contributed by atoms with E-state index in [1.54, 1.807) is 18.2 Å². The molecule has 4 nitrogen and oxygen atoms in total. The van der Waals surface area contributed by atoms with Gasteiger partial charge in [0.2, 0.25) is 5.89 Å². The normalized spacial score (nSPS) is 10.1. The zero-order valence-electron chi connectivity index (χ0n) is 12.3. The molecule has 24 heavy (non-hydrogen) atoms. The minimum Gasteiger partial charge on any atom is -0.444 e. The van der Waals surface area contributed by atoms with E-state index in [4.69, 9.17) is 27.6 Å². The molecule has 3 rings (SSSR count). The monoisotopic (exact) mass is 382 g/mol. The second-order valence-electron chi connectivity index (χ2n) is 4.79. The van der Waals surface area contributed by atoms with Crippen LogP contribution in [0.1, 0.15) is 16.1 Å². The van der Waals surface area contributed by atoms with Crippen LogP contribution in [-0.2, 0) is 6.54 Å². The van der Waals surface area contributed by atoms with Gasteiger partial charge in [0.05, 0.1) is 0 Å². The predicted octanol–water partition coefficient (Wildman–Crippen LogP) is 5.00. The maximum absolute atomic E-state index is 12.2. The number of carbonyl (C=O) groups is 1. The summed E-state index contributed by atoms with van der Waals surface area (Å²) in [5.41, 5.74) is 1.67. The van der Waals surface area contributed by atoms with Gasteiger partial charge in [-0.1, -0.05) is 47.5 Å². The van der Waals surface area contributed by atoms with E-state index in [0.717, 1.165) is 5.56 Å². The molecule has 7 heteroatoms. The van der Waals surface area contributed by atoms with Crippen molar-refractivity contribution < 1.29 is 9.21 Å². The zero-order chi connectivity index (χ0) is 16.2. The molecule has 0 aliphatic heterocycles. The number of rotatable bonds is 4. The molecule has 0 radical (unpaired) electrons. The number of hydrogen-bond acceptors (Lipinski definition) is 3. The van der Waals surface area contributed by atoms with Crippen molar-refractivity contribution in [1.82, 2.24) is 10.3 Å². The van der Waals surface area contributed by atoms with Crippen LogP contribution in [0.15, 0.2) is 59.2 Å². The maximum Gasteiger partial charge on any atom is 0.273 e. The van der Waals surface area contributed by atoms with E-state index >= 15 is 0 Å². The highest BCUT2D eigenvalue weighted by molar-refractivity contribution is 6.36. The standard InChI is InChI=1S/C17H12Cl2N2O2.ClH/c18-13-7-4-8-14(19)12(13)9-20-16(22)15-10-23-17(21-15)11-5-2-1-3-6-11;/h1-8,10H,9H2,(H,20,22);1H. The van der Waals surface area contributed by atoms with Crippen molar-refractivity contribution in [3.05, 3.63) is 76.1 Å². The minimum absolute atomic E-state index is 0. The lowest BCUT2D eigenvalue weighted by Gasteiger charge is -2.07. The number of amides is 1. The van der Waals surface area contributed by atoms with Crippen LogP contribution in [0.5, 0.6) is 0 Å². The van der Waals surface area contributed by atoms with Crippen LogP contribution in [0.4, 0.5) is 0 Å². The van der Waals surface area contributed by atoms with Crippen molar-refractivity contribution in [2.24, 2.45) is 0 Å². The number of nitrogens with one attached hydrogen (secondary N) is 1. The Labute approximate surface area is 155 Å². The molecule has 1 N–H and O–H groups in total. The lowest BCUT2D eigenvalue weighted by atomic mass is 10.2. The Kier molecular flexibility index (Phi) is 6.26. The fourth-order valence-electron chi connectivity index (χ4n) is 2.05. The Morgan fingerprint density at radius 2 is 1.71 bits per heavy atom. The first-order chi connectivity index (χ1) is 11.1. The molecule has 0 spiro atoms. The lowest BCUT2D eigenvalue weighted by Crippen LogP contribution is -2.23. The summed E-state index contributed by atoms with van der Waals surface area (Å²) in [6.45, 7) is 0.213. The molecule has 0 atom stereocenters. The van der Waals surface area contributed by atoms with Crippen LogP contribution < -0.4 is 5.32 Å². The van der Waals surface area contributed by atoms with Gasteiger partial charge in [0.1, 0.15) is 6.26 Å². The Morgan fingerprint density at radius 1 is 1.04 bits per heavy atom. The number of benzene rings is 2. The molecule has 0 bridgehead atoms. The molecule has 0 aliphatic carbocycles. The van der Waals surface area contributed by atoms with Gasteiger partial charge in [0, 0.05) is 27.7 Å². The third-order valence-electron chi connectivity index (χ3n) is 3.24. The third kappa shape index (κ3) is 4.09. The van der Waals surface area contributed by atoms with E-state index < -0.39 is 0 Å². The van der Waals surface area contributed by atoms with E-state index in [1.807, 2.05) is 30.3 Å². The topological polar surface area (TPSA) is 55.1 Å². The average molecular weight is 384 g/mol. The number of aromatic nitrogens is 1. The summed E-state index contributed by atoms with van der Waals surface area (Å²) >= 11 is 12.1. The van der Waals surface area contributed by atoms with Crippen LogP contribution in [0, 0.1) is 0 Å². The minimum atomic E-state index is -0.355. The summed E-state index contributed by atoms with van der Waals surface area (Å²) in [5, 5.41) is 3.74.